The molecule has 0 heterocycles. The number of amides is 1. The molecular weight excluding hydrogens is 404 g/mol. The summed E-state index contributed by atoms with van der Waals surface area (Å²) in [5.41, 5.74) is 1.21. The predicted molar refractivity (Wildman–Crippen MR) is 118 cm³/mol. The summed E-state index contributed by atoms with van der Waals surface area (Å²) in [5.74, 6) is 0.598. The highest BCUT2D eigenvalue weighted by Gasteiger charge is 2.23. The molecule has 2 aromatic carbocycles. The van der Waals surface area contributed by atoms with Crippen LogP contribution in [0.25, 0.3) is 0 Å². The molecule has 0 aromatic heterocycles. The van der Waals surface area contributed by atoms with E-state index < -0.39 is 15.9 Å². The predicted octanol–water partition coefficient (Wildman–Crippen LogP) is 3.83. The molecule has 0 unspecified atom stereocenters. The van der Waals surface area contributed by atoms with Crippen LogP contribution in [0.1, 0.15) is 33.3 Å². The van der Waals surface area contributed by atoms with Crippen molar-refractivity contribution in [3.05, 3.63) is 48.0 Å². The molecule has 1 N–H and O–H groups in total. The Morgan fingerprint density at radius 1 is 1.07 bits per heavy atom. The number of sulfonamides is 1. The summed E-state index contributed by atoms with van der Waals surface area (Å²) in [4.78, 5) is 12.6. The molecule has 0 aliphatic heterocycles. The molecule has 164 valence electrons. The lowest BCUT2D eigenvalue weighted by Gasteiger charge is -2.20. The summed E-state index contributed by atoms with van der Waals surface area (Å²) in [6.45, 7) is 9.67. The number of hydrogen-bond acceptors (Lipinski definition) is 5. The molecule has 0 radical (unpaired) electrons. The maximum absolute atomic E-state index is 12.9. The molecule has 2 rings (SSSR count). The first-order valence-electron chi connectivity index (χ1n) is 9.98. The minimum atomic E-state index is -3.67. The lowest BCUT2D eigenvalue weighted by Crippen LogP contribution is -2.30. The van der Waals surface area contributed by atoms with Gasteiger partial charge in [0.1, 0.15) is 11.5 Å². The van der Waals surface area contributed by atoms with Crippen LogP contribution in [0.3, 0.4) is 0 Å². The zero-order chi connectivity index (χ0) is 22.3. The van der Waals surface area contributed by atoms with Crippen molar-refractivity contribution in [2.24, 2.45) is 0 Å². The number of carbonyl (C=O) groups excluding carboxylic acids is 1. The Morgan fingerprint density at radius 2 is 1.73 bits per heavy atom. The van der Waals surface area contributed by atoms with Crippen LogP contribution in [0.15, 0.2) is 47.4 Å². The van der Waals surface area contributed by atoms with E-state index in [2.05, 4.69) is 5.32 Å². The van der Waals surface area contributed by atoms with E-state index in [1.54, 1.807) is 26.0 Å². The summed E-state index contributed by atoms with van der Waals surface area (Å²) in [7, 11) is -3.67. The largest absolute Gasteiger partial charge is 0.489 e. The number of rotatable bonds is 10. The second kappa shape index (κ2) is 10.4. The normalized spacial score (nSPS) is 11.6. The third-order valence-corrected chi connectivity index (χ3v) is 6.43. The van der Waals surface area contributed by atoms with Gasteiger partial charge in [0.2, 0.25) is 10.0 Å². The van der Waals surface area contributed by atoms with Gasteiger partial charge in [-0.15, -0.1) is 0 Å². The van der Waals surface area contributed by atoms with Gasteiger partial charge in [-0.2, -0.15) is 4.31 Å². The van der Waals surface area contributed by atoms with E-state index in [1.807, 2.05) is 39.0 Å². The first kappa shape index (κ1) is 23.7. The molecule has 0 aliphatic carbocycles. The Morgan fingerprint density at radius 3 is 2.33 bits per heavy atom. The summed E-state index contributed by atoms with van der Waals surface area (Å²) < 4.78 is 38.4. The number of hydrogen-bond donors (Lipinski definition) is 1. The molecule has 0 saturated carbocycles. The van der Waals surface area contributed by atoms with Gasteiger partial charge in [0.25, 0.3) is 5.91 Å². The first-order chi connectivity index (χ1) is 14.2. The number of nitrogens with zero attached hydrogens (tertiary/aromatic N) is 1. The van der Waals surface area contributed by atoms with Crippen LogP contribution >= 0.6 is 0 Å². The molecule has 8 heteroatoms. The molecule has 1 amide bonds. The van der Waals surface area contributed by atoms with E-state index in [4.69, 9.17) is 9.47 Å². The van der Waals surface area contributed by atoms with Crippen LogP contribution in [0, 0.1) is 6.92 Å². The molecule has 0 atom stereocenters. The van der Waals surface area contributed by atoms with Crippen LogP contribution in [0.5, 0.6) is 11.5 Å². The Kier molecular flexibility index (Phi) is 8.25. The van der Waals surface area contributed by atoms with Gasteiger partial charge >= 0.3 is 0 Å². The number of benzene rings is 2. The van der Waals surface area contributed by atoms with Gasteiger partial charge in [0.05, 0.1) is 16.7 Å². The van der Waals surface area contributed by atoms with Crippen molar-refractivity contribution >= 4 is 21.6 Å². The standard InChI is InChI=1S/C22H30N2O5S/c1-6-24(7-2)30(26,27)18-12-13-21(29-16(3)4)19(14-18)23-22(25)15-28-20-11-9-8-10-17(20)5/h8-14,16H,6-7,15H2,1-5H3,(H,23,25). The zero-order valence-electron chi connectivity index (χ0n) is 18.1. The van der Waals surface area contributed by atoms with E-state index in [1.165, 1.54) is 16.4 Å². The fourth-order valence-electron chi connectivity index (χ4n) is 2.88. The molecule has 0 saturated heterocycles. The number of aryl methyl sites for hydroxylation is 1. The number of ether oxygens (including phenoxy) is 2. The van der Waals surface area contributed by atoms with Gasteiger partial charge in [-0.1, -0.05) is 32.0 Å². The van der Waals surface area contributed by atoms with Crippen molar-refractivity contribution in [2.45, 2.75) is 45.6 Å². The molecular formula is C22H30N2O5S. The van der Waals surface area contributed by atoms with Crippen LogP contribution in [-0.2, 0) is 14.8 Å². The molecule has 0 spiro atoms. The van der Waals surface area contributed by atoms with Gasteiger partial charge in [-0.3, -0.25) is 4.79 Å². The van der Waals surface area contributed by atoms with Crippen molar-refractivity contribution in [3.8, 4) is 11.5 Å². The number of nitrogens with one attached hydrogen (secondary N) is 1. The topological polar surface area (TPSA) is 84.9 Å². The SMILES string of the molecule is CCN(CC)S(=O)(=O)c1ccc(OC(C)C)c(NC(=O)COc2ccccc2C)c1. The summed E-state index contributed by atoms with van der Waals surface area (Å²) in [6, 6.07) is 11.9. The van der Waals surface area contributed by atoms with Crippen molar-refractivity contribution in [1.29, 1.82) is 0 Å². The molecule has 0 fully saturated rings. The molecule has 7 nitrogen and oxygen atoms in total. The molecule has 2 aromatic rings. The molecule has 0 aliphatic rings. The molecule has 0 bridgehead atoms. The highest BCUT2D eigenvalue weighted by Crippen LogP contribution is 2.30. The highest BCUT2D eigenvalue weighted by atomic mass is 32.2. The monoisotopic (exact) mass is 434 g/mol. The van der Waals surface area contributed by atoms with Gasteiger partial charge in [-0.05, 0) is 50.6 Å². The number of para-hydroxylation sites is 1. The lowest BCUT2D eigenvalue weighted by atomic mass is 10.2. The van der Waals surface area contributed by atoms with E-state index in [9.17, 15) is 13.2 Å². The Bertz CT molecular complexity index is 969. The summed E-state index contributed by atoms with van der Waals surface area (Å²) >= 11 is 0. The maximum atomic E-state index is 12.9. The number of anilines is 1. The van der Waals surface area contributed by atoms with Crippen molar-refractivity contribution in [2.75, 3.05) is 25.0 Å². The Labute approximate surface area is 179 Å². The van der Waals surface area contributed by atoms with Gasteiger partial charge in [-0.25, -0.2) is 8.42 Å². The third kappa shape index (κ3) is 5.96. The quantitative estimate of drug-likeness (QED) is 0.614. The average Bonchev–Trinajstić information content (AvgIpc) is 2.69. The van der Waals surface area contributed by atoms with Gasteiger partial charge < -0.3 is 14.8 Å². The summed E-state index contributed by atoms with van der Waals surface area (Å²) in [6.07, 6.45) is -0.144. The minimum Gasteiger partial charge on any atom is -0.489 e. The second-order valence-electron chi connectivity index (χ2n) is 7.02. The Balaban J connectivity index is 2.26. The third-order valence-electron chi connectivity index (χ3n) is 4.38. The van der Waals surface area contributed by atoms with Crippen molar-refractivity contribution < 1.29 is 22.7 Å². The van der Waals surface area contributed by atoms with E-state index in [0.717, 1.165) is 5.56 Å². The number of carbonyl (C=O) groups is 1. The first-order valence-corrected chi connectivity index (χ1v) is 11.4. The van der Waals surface area contributed by atoms with Crippen LogP contribution in [-0.4, -0.2) is 44.4 Å². The van der Waals surface area contributed by atoms with Crippen molar-refractivity contribution in [1.82, 2.24) is 4.31 Å². The average molecular weight is 435 g/mol. The van der Waals surface area contributed by atoms with Crippen LogP contribution in [0.4, 0.5) is 5.69 Å². The van der Waals surface area contributed by atoms with Crippen LogP contribution in [0.2, 0.25) is 0 Å². The summed E-state index contributed by atoms with van der Waals surface area (Å²) in [5, 5.41) is 2.72. The maximum Gasteiger partial charge on any atom is 0.262 e. The van der Waals surface area contributed by atoms with E-state index in [0.29, 0.717) is 24.6 Å². The smallest absolute Gasteiger partial charge is 0.262 e. The fourth-order valence-corrected chi connectivity index (χ4v) is 4.37. The van der Waals surface area contributed by atoms with E-state index >= 15 is 0 Å². The molecule has 30 heavy (non-hydrogen) atoms. The van der Waals surface area contributed by atoms with Crippen molar-refractivity contribution in [3.63, 3.8) is 0 Å². The zero-order valence-corrected chi connectivity index (χ0v) is 19.0. The fraction of sp³-hybridized carbons (Fsp3) is 0.409. The second-order valence-corrected chi connectivity index (χ2v) is 8.95. The van der Waals surface area contributed by atoms with Crippen LogP contribution < -0.4 is 14.8 Å². The van der Waals surface area contributed by atoms with Gasteiger partial charge in [0, 0.05) is 13.1 Å². The lowest BCUT2D eigenvalue weighted by molar-refractivity contribution is -0.118. The van der Waals surface area contributed by atoms with Gasteiger partial charge in [0.15, 0.2) is 6.61 Å². The highest BCUT2D eigenvalue weighted by molar-refractivity contribution is 7.89. The van der Waals surface area contributed by atoms with E-state index in [-0.39, 0.29) is 23.3 Å². The Hall–Kier alpha value is -2.58. The minimum absolute atomic E-state index is 0.0948.